The molecule has 1 atom stereocenters. The van der Waals surface area contributed by atoms with Gasteiger partial charge in [0, 0.05) is 15.8 Å². The summed E-state index contributed by atoms with van der Waals surface area (Å²) in [5.41, 5.74) is 1.66. The molecule has 0 bridgehead atoms. The summed E-state index contributed by atoms with van der Waals surface area (Å²) in [6, 6.07) is 4.94. The van der Waals surface area contributed by atoms with E-state index in [1.807, 2.05) is 11.3 Å². The van der Waals surface area contributed by atoms with E-state index in [1.165, 1.54) is 15.3 Å². The lowest BCUT2D eigenvalue weighted by atomic mass is 9.95. The highest BCUT2D eigenvalue weighted by Crippen LogP contribution is 2.30. The maximum absolute atomic E-state index is 3.44. The zero-order valence-corrected chi connectivity index (χ0v) is 12.7. The fourth-order valence-electron chi connectivity index (χ4n) is 1.65. The molecule has 0 radical (unpaired) electrons. The second kappa shape index (κ2) is 5.83. The van der Waals surface area contributed by atoms with Gasteiger partial charge in [0.1, 0.15) is 0 Å². The Hall–Kier alpha value is -0.600. The number of hydrogen-bond acceptors (Lipinski definition) is 2. The Morgan fingerprint density at radius 1 is 1.41 bits per heavy atom. The molecule has 0 fully saturated rings. The highest BCUT2D eigenvalue weighted by atomic mass is 32.1. The summed E-state index contributed by atoms with van der Waals surface area (Å²) in [6.45, 7) is 14.4. The van der Waals surface area contributed by atoms with E-state index >= 15 is 0 Å². The predicted molar refractivity (Wildman–Crippen MR) is 79.8 cm³/mol. The van der Waals surface area contributed by atoms with Crippen molar-refractivity contribution in [2.75, 3.05) is 6.54 Å². The van der Waals surface area contributed by atoms with Crippen molar-refractivity contribution in [3.63, 3.8) is 0 Å². The lowest BCUT2D eigenvalue weighted by molar-refractivity contribution is 0.604. The number of rotatable bonds is 4. The largest absolute Gasteiger partial charge is 0.311 e. The number of nitrogens with one attached hydrogen (secondary N) is 1. The Labute approximate surface area is 110 Å². The maximum atomic E-state index is 3.44. The predicted octanol–water partition coefficient (Wildman–Crippen LogP) is 4.45. The number of hydrogen-bond donors (Lipinski definition) is 1. The molecule has 1 aromatic heterocycles. The zero-order chi connectivity index (χ0) is 13.1. The van der Waals surface area contributed by atoms with Crippen LogP contribution in [0, 0.1) is 0 Å². The molecule has 0 saturated carbocycles. The Bertz CT molecular complexity index is 382. The molecule has 1 nitrogen and oxygen atoms in total. The van der Waals surface area contributed by atoms with Crippen molar-refractivity contribution >= 4 is 17.4 Å². The van der Waals surface area contributed by atoms with Crippen molar-refractivity contribution in [2.45, 2.75) is 53.0 Å². The Morgan fingerprint density at radius 2 is 2.06 bits per heavy atom. The molecule has 0 saturated heterocycles. The first-order valence-electron chi connectivity index (χ1n) is 6.36. The van der Waals surface area contributed by atoms with Crippen LogP contribution in [-0.2, 0) is 5.41 Å². The van der Waals surface area contributed by atoms with Gasteiger partial charge in [0.2, 0.25) is 0 Å². The SMILES string of the molecule is CCNC(C)/C(C)=C/c1ccc(C(C)(C)C)s1. The topological polar surface area (TPSA) is 12.0 Å². The maximum Gasteiger partial charge on any atom is 0.0273 e. The van der Waals surface area contributed by atoms with Crippen LogP contribution in [0.1, 0.15) is 51.3 Å². The van der Waals surface area contributed by atoms with Gasteiger partial charge in [-0.3, -0.25) is 0 Å². The normalized spacial score (nSPS) is 15.1. The van der Waals surface area contributed by atoms with Gasteiger partial charge in [-0.2, -0.15) is 0 Å². The van der Waals surface area contributed by atoms with Crippen LogP contribution in [0.25, 0.3) is 6.08 Å². The van der Waals surface area contributed by atoms with E-state index in [9.17, 15) is 0 Å². The third-order valence-electron chi connectivity index (χ3n) is 2.93. The Balaban J connectivity index is 2.81. The minimum Gasteiger partial charge on any atom is -0.311 e. The zero-order valence-electron chi connectivity index (χ0n) is 11.9. The van der Waals surface area contributed by atoms with Crippen molar-refractivity contribution in [2.24, 2.45) is 0 Å². The van der Waals surface area contributed by atoms with Gasteiger partial charge < -0.3 is 5.32 Å². The van der Waals surface area contributed by atoms with Crippen LogP contribution in [0.5, 0.6) is 0 Å². The van der Waals surface area contributed by atoms with Gasteiger partial charge in [0.25, 0.3) is 0 Å². The first-order valence-corrected chi connectivity index (χ1v) is 7.18. The van der Waals surface area contributed by atoms with Gasteiger partial charge >= 0.3 is 0 Å². The highest BCUT2D eigenvalue weighted by Gasteiger charge is 2.15. The second-order valence-electron chi connectivity index (χ2n) is 5.62. The summed E-state index contributed by atoms with van der Waals surface area (Å²) in [6.07, 6.45) is 2.30. The summed E-state index contributed by atoms with van der Waals surface area (Å²) in [5, 5.41) is 3.44. The van der Waals surface area contributed by atoms with E-state index in [2.05, 4.69) is 65.1 Å². The lowest BCUT2D eigenvalue weighted by Gasteiger charge is -2.15. The van der Waals surface area contributed by atoms with Crippen LogP contribution >= 0.6 is 11.3 Å². The summed E-state index contributed by atoms with van der Waals surface area (Å²) in [5.74, 6) is 0. The molecule has 1 heterocycles. The van der Waals surface area contributed by atoms with Crippen LogP contribution in [0.15, 0.2) is 17.7 Å². The van der Waals surface area contributed by atoms with Crippen LogP contribution in [0.4, 0.5) is 0 Å². The fraction of sp³-hybridized carbons (Fsp3) is 0.600. The van der Waals surface area contributed by atoms with E-state index in [-0.39, 0.29) is 5.41 Å². The van der Waals surface area contributed by atoms with Crippen molar-refractivity contribution < 1.29 is 0 Å². The molecule has 1 rings (SSSR count). The van der Waals surface area contributed by atoms with Crippen LogP contribution in [-0.4, -0.2) is 12.6 Å². The summed E-state index contributed by atoms with van der Waals surface area (Å²) in [4.78, 5) is 2.81. The molecule has 17 heavy (non-hydrogen) atoms. The van der Waals surface area contributed by atoms with Gasteiger partial charge in [0.15, 0.2) is 0 Å². The minimum absolute atomic E-state index is 0.262. The Morgan fingerprint density at radius 3 is 2.53 bits per heavy atom. The van der Waals surface area contributed by atoms with E-state index in [4.69, 9.17) is 0 Å². The molecule has 1 unspecified atom stereocenters. The van der Waals surface area contributed by atoms with Crippen molar-refractivity contribution in [3.8, 4) is 0 Å². The van der Waals surface area contributed by atoms with Crippen molar-refractivity contribution in [3.05, 3.63) is 27.5 Å². The molecule has 1 N–H and O–H groups in total. The van der Waals surface area contributed by atoms with E-state index < -0.39 is 0 Å². The lowest BCUT2D eigenvalue weighted by Crippen LogP contribution is -2.26. The molecule has 0 spiro atoms. The van der Waals surface area contributed by atoms with Crippen molar-refractivity contribution in [1.29, 1.82) is 0 Å². The van der Waals surface area contributed by atoms with E-state index in [0.29, 0.717) is 6.04 Å². The molecule has 0 aromatic carbocycles. The Kier molecular flexibility index (Phi) is 4.96. The number of likely N-dealkylation sites (N-methyl/N-ethyl adjacent to an activating group) is 1. The summed E-state index contributed by atoms with van der Waals surface area (Å²) in [7, 11) is 0. The minimum atomic E-state index is 0.262. The van der Waals surface area contributed by atoms with Gasteiger partial charge in [-0.15, -0.1) is 11.3 Å². The molecular weight excluding hydrogens is 226 g/mol. The van der Waals surface area contributed by atoms with E-state index in [1.54, 1.807) is 0 Å². The fourth-order valence-corrected chi connectivity index (χ4v) is 2.73. The molecular formula is C15H25NS. The van der Waals surface area contributed by atoms with Gasteiger partial charge in [-0.25, -0.2) is 0 Å². The summed E-state index contributed by atoms with van der Waals surface area (Å²) >= 11 is 1.90. The third kappa shape index (κ3) is 4.29. The quantitative estimate of drug-likeness (QED) is 0.834. The number of thiophene rings is 1. The van der Waals surface area contributed by atoms with Crippen molar-refractivity contribution in [1.82, 2.24) is 5.32 Å². The van der Waals surface area contributed by atoms with Crippen LogP contribution in [0.3, 0.4) is 0 Å². The second-order valence-corrected chi connectivity index (χ2v) is 6.74. The average Bonchev–Trinajstić information content (AvgIpc) is 2.66. The first kappa shape index (κ1) is 14.5. The van der Waals surface area contributed by atoms with Gasteiger partial charge in [-0.05, 0) is 44.0 Å². The smallest absolute Gasteiger partial charge is 0.0273 e. The molecule has 0 aliphatic heterocycles. The monoisotopic (exact) mass is 251 g/mol. The molecule has 2 heteroatoms. The highest BCUT2D eigenvalue weighted by molar-refractivity contribution is 7.13. The third-order valence-corrected chi connectivity index (χ3v) is 4.39. The van der Waals surface area contributed by atoms with Gasteiger partial charge in [-0.1, -0.05) is 33.3 Å². The molecule has 96 valence electrons. The standard InChI is InChI=1S/C15H25NS/c1-7-16-12(3)11(2)10-13-8-9-14(17-13)15(4,5)6/h8-10,12,16H,7H2,1-6H3/b11-10+. The van der Waals surface area contributed by atoms with Crippen LogP contribution < -0.4 is 5.32 Å². The molecule has 0 aliphatic rings. The molecule has 0 aliphatic carbocycles. The molecule has 1 aromatic rings. The first-order chi connectivity index (χ1) is 7.84. The van der Waals surface area contributed by atoms with Gasteiger partial charge in [0.05, 0.1) is 0 Å². The van der Waals surface area contributed by atoms with E-state index in [0.717, 1.165) is 6.54 Å². The van der Waals surface area contributed by atoms with Crippen LogP contribution in [0.2, 0.25) is 0 Å². The molecule has 0 amide bonds. The summed E-state index contributed by atoms with van der Waals surface area (Å²) < 4.78 is 0. The average molecular weight is 251 g/mol.